The average molecular weight is 292 g/mol. The van der Waals surface area contributed by atoms with Crippen molar-refractivity contribution in [2.75, 3.05) is 0 Å². The highest BCUT2D eigenvalue weighted by Gasteiger charge is 2.06. The topological polar surface area (TPSA) is 39.4 Å². The van der Waals surface area contributed by atoms with Crippen LogP contribution in [-0.2, 0) is 13.0 Å². The molecule has 3 aromatic rings. The standard InChI is InChI=1S/C19H16O3/c20-18-12-17(11-15-7-3-1-4-8-15)21-14-19(18)22-13-16-9-5-2-6-10-16/h1-10,12,14H,11,13H2. The molecule has 0 aliphatic rings. The monoisotopic (exact) mass is 292 g/mol. The zero-order valence-electron chi connectivity index (χ0n) is 12.1. The minimum Gasteiger partial charge on any atom is -0.482 e. The lowest BCUT2D eigenvalue weighted by molar-refractivity contribution is 0.290. The summed E-state index contributed by atoms with van der Waals surface area (Å²) >= 11 is 0. The molecule has 0 bridgehead atoms. The van der Waals surface area contributed by atoms with E-state index in [9.17, 15) is 4.79 Å². The molecule has 0 radical (unpaired) electrons. The van der Waals surface area contributed by atoms with Crippen molar-refractivity contribution in [3.63, 3.8) is 0 Å². The van der Waals surface area contributed by atoms with Gasteiger partial charge in [0.1, 0.15) is 18.6 Å². The van der Waals surface area contributed by atoms with Crippen LogP contribution in [0.3, 0.4) is 0 Å². The highest BCUT2D eigenvalue weighted by atomic mass is 16.5. The number of hydrogen-bond donors (Lipinski definition) is 0. The van der Waals surface area contributed by atoms with Gasteiger partial charge in [-0.25, -0.2) is 0 Å². The molecule has 3 heteroatoms. The van der Waals surface area contributed by atoms with E-state index in [0.717, 1.165) is 11.1 Å². The predicted molar refractivity (Wildman–Crippen MR) is 85.0 cm³/mol. The first-order valence-electron chi connectivity index (χ1n) is 7.13. The number of ether oxygens (including phenoxy) is 1. The van der Waals surface area contributed by atoms with Crippen molar-refractivity contribution in [3.8, 4) is 5.75 Å². The predicted octanol–water partition coefficient (Wildman–Crippen LogP) is 3.81. The Kier molecular flexibility index (Phi) is 4.35. The summed E-state index contributed by atoms with van der Waals surface area (Å²) in [5, 5.41) is 0. The Morgan fingerprint density at radius 3 is 2.14 bits per heavy atom. The Labute approximate surface area is 128 Å². The Morgan fingerprint density at radius 2 is 1.50 bits per heavy atom. The van der Waals surface area contributed by atoms with Gasteiger partial charge >= 0.3 is 0 Å². The van der Waals surface area contributed by atoms with Gasteiger partial charge in [-0.1, -0.05) is 60.7 Å². The Bertz CT molecular complexity index is 777. The summed E-state index contributed by atoms with van der Waals surface area (Å²) in [6, 6.07) is 21.1. The van der Waals surface area contributed by atoms with Gasteiger partial charge < -0.3 is 9.15 Å². The van der Waals surface area contributed by atoms with E-state index in [1.807, 2.05) is 60.7 Å². The molecule has 0 saturated carbocycles. The van der Waals surface area contributed by atoms with Gasteiger partial charge in [0.2, 0.25) is 11.2 Å². The van der Waals surface area contributed by atoms with Crippen molar-refractivity contribution < 1.29 is 9.15 Å². The van der Waals surface area contributed by atoms with E-state index in [2.05, 4.69) is 0 Å². The molecule has 2 aromatic carbocycles. The van der Waals surface area contributed by atoms with Crippen LogP contribution in [0.5, 0.6) is 5.75 Å². The lowest BCUT2D eigenvalue weighted by atomic mass is 10.1. The van der Waals surface area contributed by atoms with Crippen LogP contribution in [-0.4, -0.2) is 0 Å². The summed E-state index contributed by atoms with van der Waals surface area (Å²) in [5.74, 6) is 0.865. The molecule has 1 heterocycles. The van der Waals surface area contributed by atoms with Crippen LogP contribution in [0.4, 0.5) is 0 Å². The van der Waals surface area contributed by atoms with E-state index in [1.54, 1.807) is 0 Å². The second-order valence-electron chi connectivity index (χ2n) is 5.01. The second kappa shape index (κ2) is 6.76. The van der Waals surface area contributed by atoms with Crippen molar-refractivity contribution in [3.05, 3.63) is 100 Å². The van der Waals surface area contributed by atoms with Crippen molar-refractivity contribution in [1.29, 1.82) is 0 Å². The molecule has 3 rings (SSSR count). The van der Waals surface area contributed by atoms with Crippen LogP contribution in [0.15, 0.2) is 82.2 Å². The van der Waals surface area contributed by atoms with Crippen molar-refractivity contribution in [2.24, 2.45) is 0 Å². The van der Waals surface area contributed by atoms with Crippen LogP contribution in [0.25, 0.3) is 0 Å². The van der Waals surface area contributed by atoms with Gasteiger partial charge in [0.15, 0.2) is 0 Å². The molecule has 0 saturated heterocycles. The normalized spacial score (nSPS) is 10.4. The van der Waals surface area contributed by atoms with Crippen molar-refractivity contribution in [2.45, 2.75) is 13.0 Å². The zero-order chi connectivity index (χ0) is 15.2. The van der Waals surface area contributed by atoms with Gasteiger partial charge in [-0.3, -0.25) is 4.79 Å². The largest absolute Gasteiger partial charge is 0.482 e. The maximum atomic E-state index is 12.1. The molecule has 0 amide bonds. The van der Waals surface area contributed by atoms with Crippen molar-refractivity contribution >= 4 is 0 Å². The van der Waals surface area contributed by atoms with Gasteiger partial charge in [0.05, 0.1) is 0 Å². The summed E-state index contributed by atoms with van der Waals surface area (Å²) in [4.78, 5) is 12.1. The fourth-order valence-electron chi connectivity index (χ4n) is 2.17. The smallest absolute Gasteiger partial charge is 0.227 e. The molecule has 0 unspecified atom stereocenters. The van der Waals surface area contributed by atoms with Gasteiger partial charge in [-0.05, 0) is 11.1 Å². The van der Waals surface area contributed by atoms with Crippen LogP contribution in [0.1, 0.15) is 16.9 Å². The second-order valence-corrected chi connectivity index (χ2v) is 5.01. The molecule has 0 atom stereocenters. The summed E-state index contributed by atoms with van der Waals surface area (Å²) in [6.07, 6.45) is 1.98. The van der Waals surface area contributed by atoms with Crippen LogP contribution in [0, 0.1) is 0 Å². The van der Waals surface area contributed by atoms with Gasteiger partial charge in [0, 0.05) is 12.5 Å². The number of rotatable bonds is 5. The molecular formula is C19H16O3. The van der Waals surface area contributed by atoms with Crippen LogP contribution < -0.4 is 10.2 Å². The molecule has 3 nitrogen and oxygen atoms in total. The Hall–Kier alpha value is -2.81. The third-order valence-corrected chi connectivity index (χ3v) is 3.31. The first kappa shape index (κ1) is 14.1. The van der Waals surface area contributed by atoms with E-state index in [-0.39, 0.29) is 11.2 Å². The maximum Gasteiger partial charge on any atom is 0.227 e. The molecule has 110 valence electrons. The summed E-state index contributed by atoms with van der Waals surface area (Å²) < 4.78 is 11.0. The van der Waals surface area contributed by atoms with Gasteiger partial charge in [-0.15, -0.1) is 0 Å². The molecule has 0 N–H and O–H groups in total. The highest BCUT2D eigenvalue weighted by molar-refractivity contribution is 5.24. The number of benzene rings is 2. The quantitative estimate of drug-likeness (QED) is 0.718. The van der Waals surface area contributed by atoms with Gasteiger partial charge in [0.25, 0.3) is 0 Å². The van der Waals surface area contributed by atoms with Gasteiger partial charge in [-0.2, -0.15) is 0 Å². The third kappa shape index (κ3) is 3.64. The molecule has 0 aliphatic carbocycles. The van der Waals surface area contributed by atoms with E-state index in [0.29, 0.717) is 18.8 Å². The number of hydrogen-bond acceptors (Lipinski definition) is 3. The molecule has 1 aromatic heterocycles. The molecule has 0 spiro atoms. The van der Waals surface area contributed by atoms with Crippen LogP contribution >= 0.6 is 0 Å². The fourth-order valence-corrected chi connectivity index (χ4v) is 2.17. The first-order chi connectivity index (χ1) is 10.8. The summed E-state index contributed by atoms with van der Waals surface area (Å²) in [7, 11) is 0. The summed E-state index contributed by atoms with van der Waals surface area (Å²) in [5.41, 5.74) is 1.95. The Morgan fingerprint density at radius 1 is 0.864 bits per heavy atom. The molecular weight excluding hydrogens is 276 g/mol. The SMILES string of the molecule is O=c1cc(Cc2ccccc2)occ1OCc1ccccc1. The minimum atomic E-state index is -0.159. The highest BCUT2D eigenvalue weighted by Crippen LogP contribution is 2.12. The molecule has 0 fully saturated rings. The maximum absolute atomic E-state index is 12.1. The first-order valence-corrected chi connectivity index (χ1v) is 7.13. The van der Waals surface area contributed by atoms with E-state index < -0.39 is 0 Å². The lowest BCUT2D eigenvalue weighted by Gasteiger charge is -2.06. The third-order valence-electron chi connectivity index (χ3n) is 3.31. The van der Waals surface area contributed by atoms with E-state index in [4.69, 9.17) is 9.15 Å². The van der Waals surface area contributed by atoms with E-state index >= 15 is 0 Å². The van der Waals surface area contributed by atoms with Crippen LogP contribution in [0.2, 0.25) is 0 Å². The van der Waals surface area contributed by atoms with E-state index in [1.165, 1.54) is 12.3 Å². The zero-order valence-corrected chi connectivity index (χ0v) is 12.1. The molecule has 22 heavy (non-hydrogen) atoms. The minimum absolute atomic E-state index is 0.159. The van der Waals surface area contributed by atoms with Crippen molar-refractivity contribution in [1.82, 2.24) is 0 Å². The Balaban J connectivity index is 1.68. The fraction of sp³-hybridized carbons (Fsp3) is 0.105. The lowest BCUT2D eigenvalue weighted by Crippen LogP contribution is -2.08. The summed E-state index contributed by atoms with van der Waals surface area (Å²) in [6.45, 7) is 0.351. The molecule has 0 aliphatic heterocycles. The average Bonchev–Trinajstić information content (AvgIpc) is 2.56.